The Morgan fingerprint density at radius 2 is 1.95 bits per heavy atom. The lowest BCUT2D eigenvalue weighted by Gasteiger charge is -2.23. The first-order valence-corrected chi connectivity index (χ1v) is 7.86. The van der Waals surface area contributed by atoms with E-state index in [2.05, 4.69) is 17.6 Å². The van der Waals surface area contributed by atoms with Gasteiger partial charge in [0.15, 0.2) is 0 Å². The molecule has 2 atom stereocenters. The molecule has 0 saturated heterocycles. The molecule has 3 nitrogen and oxygen atoms in total. The molecule has 1 aliphatic carbocycles. The summed E-state index contributed by atoms with van der Waals surface area (Å²) in [6.45, 7) is 5.12. The number of anilines is 1. The molecule has 1 fully saturated rings. The Morgan fingerprint density at radius 3 is 2.75 bits per heavy atom. The Kier molecular flexibility index (Phi) is 5.45. The number of para-hydroxylation sites is 1. The number of rotatable bonds is 4. The predicted molar refractivity (Wildman–Crippen MR) is 84.1 cm³/mol. The first-order chi connectivity index (χ1) is 9.72. The van der Waals surface area contributed by atoms with Gasteiger partial charge in [0.05, 0.1) is 5.56 Å². The van der Waals surface area contributed by atoms with Gasteiger partial charge < -0.3 is 10.6 Å². The zero-order chi connectivity index (χ0) is 14.4. The molecule has 0 aromatic heterocycles. The maximum atomic E-state index is 12.5. The van der Waals surface area contributed by atoms with E-state index in [4.69, 9.17) is 0 Å². The van der Waals surface area contributed by atoms with Gasteiger partial charge >= 0.3 is 0 Å². The van der Waals surface area contributed by atoms with Crippen LogP contribution in [0.1, 0.15) is 56.3 Å². The summed E-state index contributed by atoms with van der Waals surface area (Å²) in [5, 5.41) is 6.50. The number of carbonyl (C=O) groups is 1. The van der Waals surface area contributed by atoms with Crippen molar-refractivity contribution in [2.45, 2.75) is 52.0 Å². The van der Waals surface area contributed by atoms with Gasteiger partial charge in [0.1, 0.15) is 0 Å². The number of nitrogens with one attached hydrogen (secondary N) is 2. The van der Waals surface area contributed by atoms with Gasteiger partial charge in [-0.3, -0.25) is 4.79 Å². The van der Waals surface area contributed by atoms with Crippen LogP contribution >= 0.6 is 0 Å². The van der Waals surface area contributed by atoms with Crippen molar-refractivity contribution in [1.82, 2.24) is 5.32 Å². The van der Waals surface area contributed by atoms with E-state index in [0.717, 1.165) is 24.2 Å². The van der Waals surface area contributed by atoms with Gasteiger partial charge in [-0.05, 0) is 37.8 Å². The van der Waals surface area contributed by atoms with Crippen molar-refractivity contribution in [2.75, 3.05) is 11.9 Å². The Hall–Kier alpha value is -1.51. The van der Waals surface area contributed by atoms with E-state index < -0.39 is 0 Å². The van der Waals surface area contributed by atoms with Crippen LogP contribution in [0.4, 0.5) is 5.69 Å². The largest absolute Gasteiger partial charge is 0.385 e. The van der Waals surface area contributed by atoms with E-state index >= 15 is 0 Å². The average molecular weight is 274 g/mol. The molecule has 2 N–H and O–H groups in total. The monoisotopic (exact) mass is 274 g/mol. The molecular formula is C17H26N2O. The summed E-state index contributed by atoms with van der Waals surface area (Å²) in [5.41, 5.74) is 1.68. The summed E-state index contributed by atoms with van der Waals surface area (Å²) >= 11 is 0. The molecule has 0 bridgehead atoms. The molecule has 2 unspecified atom stereocenters. The summed E-state index contributed by atoms with van der Waals surface area (Å²) in [6, 6.07) is 8.07. The molecule has 0 radical (unpaired) electrons. The predicted octanol–water partition coefficient (Wildman–Crippen LogP) is 3.82. The van der Waals surface area contributed by atoms with E-state index in [9.17, 15) is 4.79 Å². The fourth-order valence-corrected chi connectivity index (χ4v) is 2.98. The SMILES string of the molecule is CCNc1ccccc1C(=O)NC1CCCCCC1C. The zero-order valence-corrected chi connectivity index (χ0v) is 12.6. The molecule has 110 valence electrons. The molecule has 0 aliphatic heterocycles. The average Bonchev–Trinajstić information content (AvgIpc) is 2.65. The highest BCUT2D eigenvalue weighted by molar-refractivity contribution is 5.99. The van der Waals surface area contributed by atoms with Crippen molar-refractivity contribution in [3.63, 3.8) is 0 Å². The van der Waals surface area contributed by atoms with Crippen molar-refractivity contribution in [2.24, 2.45) is 5.92 Å². The van der Waals surface area contributed by atoms with Gasteiger partial charge in [-0.25, -0.2) is 0 Å². The van der Waals surface area contributed by atoms with Crippen LogP contribution < -0.4 is 10.6 Å². The lowest BCUT2D eigenvalue weighted by molar-refractivity contribution is 0.0922. The number of hydrogen-bond acceptors (Lipinski definition) is 2. The fraction of sp³-hybridized carbons (Fsp3) is 0.588. The molecule has 2 rings (SSSR count). The Bertz CT molecular complexity index is 444. The van der Waals surface area contributed by atoms with Crippen molar-refractivity contribution >= 4 is 11.6 Å². The van der Waals surface area contributed by atoms with E-state index in [1.165, 1.54) is 25.7 Å². The van der Waals surface area contributed by atoms with Crippen LogP contribution in [0.3, 0.4) is 0 Å². The van der Waals surface area contributed by atoms with E-state index in [1.807, 2.05) is 31.2 Å². The van der Waals surface area contributed by atoms with Gasteiger partial charge in [0, 0.05) is 18.3 Å². The molecular weight excluding hydrogens is 248 g/mol. The molecule has 1 aliphatic rings. The van der Waals surface area contributed by atoms with Crippen molar-refractivity contribution in [3.8, 4) is 0 Å². The van der Waals surface area contributed by atoms with Gasteiger partial charge in [0.2, 0.25) is 0 Å². The van der Waals surface area contributed by atoms with Gasteiger partial charge in [-0.2, -0.15) is 0 Å². The maximum absolute atomic E-state index is 12.5. The standard InChI is InChI=1S/C17H26N2O/c1-3-18-16-12-8-7-10-14(16)17(20)19-15-11-6-4-5-9-13(15)2/h7-8,10,12-13,15,18H,3-6,9,11H2,1-2H3,(H,19,20). The highest BCUT2D eigenvalue weighted by Gasteiger charge is 2.22. The smallest absolute Gasteiger partial charge is 0.253 e. The molecule has 0 spiro atoms. The topological polar surface area (TPSA) is 41.1 Å². The molecule has 3 heteroatoms. The normalized spacial score (nSPS) is 22.9. The second kappa shape index (κ2) is 7.32. The number of benzene rings is 1. The van der Waals surface area contributed by atoms with Gasteiger partial charge in [-0.1, -0.05) is 38.3 Å². The molecule has 1 aromatic rings. The second-order valence-electron chi connectivity index (χ2n) is 5.77. The van der Waals surface area contributed by atoms with Crippen LogP contribution in [-0.2, 0) is 0 Å². The minimum atomic E-state index is 0.0558. The molecule has 1 saturated carbocycles. The Labute approximate surface area is 122 Å². The van der Waals surface area contributed by atoms with Crippen LogP contribution in [-0.4, -0.2) is 18.5 Å². The summed E-state index contributed by atoms with van der Waals surface area (Å²) in [6.07, 6.45) is 6.15. The van der Waals surface area contributed by atoms with Crippen LogP contribution in [0, 0.1) is 5.92 Å². The molecule has 0 heterocycles. The van der Waals surface area contributed by atoms with Crippen LogP contribution in [0.25, 0.3) is 0 Å². The lowest BCUT2D eigenvalue weighted by atomic mass is 9.96. The van der Waals surface area contributed by atoms with Crippen molar-refractivity contribution in [1.29, 1.82) is 0 Å². The lowest BCUT2D eigenvalue weighted by Crippen LogP contribution is -2.39. The van der Waals surface area contributed by atoms with E-state index in [1.54, 1.807) is 0 Å². The third-order valence-corrected chi connectivity index (χ3v) is 4.22. The highest BCUT2D eigenvalue weighted by Crippen LogP contribution is 2.24. The number of amides is 1. The third-order valence-electron chi connectivity index (χ3n) is 4.22. The summed E-state index contributed by atoms with van der Waals surface area (Å²) in [7, 11) is 0. The van der Waals surface area contributed by atoms with Crippen molar-refractivity contribution in [3.05, 3.63) is 29.8 Å². The third kappa shape index (κ3) is 3.75. The first kappa shape index (κ1) is 14.9. The Morgan fingerprint density at radius 1 is 1.20 bits per heavy atom. The zero-order valence-electron chi connectivity index (χ0n) is 12.6. The van der Waals surface area contributed by atoms with Gasteiger partial charge in [0.25, 0.3) is 5.91 Å². The van der Waals surface area contributed by atoms with Crippen LogP contribution in [0.5, 0.6) is 0 Å². The van der Waals surface area contributed by atoms with Crippen molar-refractivity contribution < 1.29 is 4.79 Å². The summed E-state index contributed by atoms with van der Waals surface area (Å²) < 4.78 is 0. The highest BCUT2D eigenvalue weighted by atomic mass is 16.1. The maximum Gasteiger partial charge on any atom is 0.253 e. The Balaban J connectivity index is 2.07. The van der Waals surface area contributed by atoms with Crippen LogP contribution in [0.15, 0.2) is 24.3 Å². The van der Waals surface area contributed by atoms with E-state index in [0.29, 0.717) is 12.0 Å². The van der Waals surface area contributed by atoms with E-state index in [-0.39, 0.29) is 5.91 Å². The fourth-order valence-electron chi connectivity index (χ4n) is 2.98. The number of hydrogen-bond donors (Lipinski definition) is 2. The second-order valence-corrected chi connectivity index (χ2v) is 5.77. The van der Waals surface area contributed by atoms with Gasteiger partial charge in [-0.15, -0.1) is 0 Å². The summed E-state index contributed by atoms with van der Waals surface area (Å²) in [5.74, 6) is 0.632. The number of carbonyl (C=O) groups excluding carboxylic acids is 1. The molecule has 20 heavy (non-hydrogen) atoms. The minimum Gasteiger partial charge on any atom is -0.385 e. The summed E-state index contributed by atoms with van der Waals surface area (Å²) in [4.78, 5) is 12.5. The quantitative estimate of drug-likeness (QED) is 0.820. The first-order valence-electron chi connectivity index (χ1n) is 7.86. The molecule has 1 amide bonds. The van der Waals surface area contributed by atoms with Crippen LogP contribution in [0.2, 0.25) is 0 Å². The minimum absolute atomic E-state index is 0.0558. The molecule has 1 aromatic carbocycles.